The Morgan fingerprint density at radius 2 is 2.06 bits per heavy atom. The van der Waals surface area contributed by atoms with Crippen molar-refractivity contribution in [2.24, 2.45) is 23.2 Å². The molecule has 2 saturated carbocycles. The summed E-state index contributed by atoms with van der Waals surface area (Å²) in [5.41, 5.74) is 0.326. The Bertz CT molecular complexity index is 249. The minimum atomic E-state index is -0.0295. The maximum absolute atomic E-state index is 9.08. The van der Waals surface area contributed by atoms with E-state index in [2.05, 4.69) is 20.8 Å². The first-order valence-electron chi connectivity index (χ1n) is 6.76. The van der Waals surface area contributed by atoms with E-state index in [4.69, 9.17) is 9.84 Å². The molecule has 6 atom stereocenters. The van der Waals surface area contributed by atoms with Gasteiger partial charge >= 0.3 is 0 Å². The second-order valence-electron chi connectivity index (χ2n) is 6.20. The minimum Gasteiger partial charge on any atom is -0.394 e. The monoisotopic (exact) mass is 226 g/mol. The fourth-order valence-electron chi connectivity index (χ4n) is 4.16. The molecule has 1 N–H and O–H groups in total. The van der Waals surface area contributed by atoms with Crippen molar-refractivity contribution in [3.63, 3.8) is 0 Å². The average molecular weight is 226 g/mol. The highest BCUT2D eigenvalue weighted by atomic mass is 16.5. The molecule has 0 amide bonds. The van der Waals surface area contributed by atoms with E-state index < -0.39 is 0 Å². The van der Waals surface area contributed by atoms with Gasteiger partial charge in [-0.25, -0.2) is 0 Å². The van der Waals surface area contributed by atoms with Crippen LogP contribution in [-0.4, -0.2) is 23.9 Å². The van der Waals surface area contributed by atoms with Gasteiger partial charge in [-0.1, -0.05) is 13.8 Å². The van der Waals surface area contributed by atoms with Crippen LogP contribution < -0.4 is 0 Å². The summed E-state index contributed by atoms with van der Waals surface area (Å²) in [6.07, 6.45) is 4.44. The van der Waals surface area contributed by atoms with Gasteiger partial charge in [0.25, 0.3) is 0 Å². The van der Waals surface area contributed by atoms with Crippen LogP contribution in [0.4, 0.5) is 0 Å². The molecule has 2 bridgehead atoms. The van der Waals surface area contributed by atoms with Gasteiger partial charge in [0.1, 0.15) is 0 Å². The molecule has 2 heteroatoms. The first kappa shape index (κ1) is 12.4. The second kappa shape index (κ2) is 4.30. The van der Waals surface area contributed by atoms with Crippen molar-refractivity contribution in [1.29, 1.82) is 0 Å². The largest absolute Gasteiger partial charge is 0.394 e. The lowest BCUT2D eigenvalue weighted by molar-refractivity contribution is -0.112. The van der Waals surface area contributed by atoms with Crippen molar-refractivity contribution in [2.45, 2.75) is 59.2 Å². The Morgan fingerprint density at radius 3 is 2.56 bits per heavy atom. The zero-order valence-corrected chi connectivity index (χ0v) is 11.1. The third kappa shape index (κ3) is 1.70. The molecular weight excluding hydrogens is 200 g/mol. The molecule has 2 nitrogen and oxygen atoms in total. The van der Waals surface area contributed by atoms with Crippen molar-refractivity contribution in [3.8, 4) is 0 Å². The number of aliphatic hydroxyl groups excluding tert-OH is 1. The van der Waals surface area contributed by atoms with Crippen molar-refractivity contribution < 1.29 is 9.84 Å². The van der Waals surface area contributed by atoms with Crippen LogP contribution in [0.15, 0.2) is 0 Å². The van der Waals surface area contributed by atoms with Crippen molar-refractivity contribution in [2.75, 3.05) is 6.61 Å². The molecule has 0 aromatic rings. The quantitative estimate of drug-likeness (QED) is 0.798. The molecule has 94 valence electrons. The molecule has 0 saturated heterocycles. The predicted molar refractivity (Wildman–Crippen MR) is 65.2 cm³/mol. The van der Waals surface area contributed by atoms with Gasteiger partial charge in [0.15, 0.2) is 0 Å². The number of hydrogen-bond acceptors (Lipinski definition) is 2. The van der Waals surface area contributed by atoms with E-state index in [1.54, 1.807) is 0 Å². The smallest absolute Gasteiger partial charge is 0.0781 e. The van der Waals surface area contributed by atoms with Crippen LogP contribution in [0.3, 0.4) is 0 Å². The molecule has 0 radical (unpaired) electrons. The molecule has 0 spiro atoms. The summed E-state index contributed by atoms with van der Waals surface area (Å²) in [5, 5.41) is 9.08. The number of fused-ring (bicyclic) bond motifs is 2. The maximum Gasteiger partial charge on any atom is 0.0781 e. The maximum atomic E-state index is 9.08. The molecule has 2 aliphatic carbocycles. The molecule has 0 heterocycles. The van der Waals surface area contributed by atoms with Crippen LogP contribution in [-0.2, 0) is 4.74 Å². The molecule has 16 heavy (non-hydrogen) atoms. The van der Waals surface area contributed by atoms with Crippen LogP contribution in [0.2, 0.25) is 0 Å². The van der Waals surface area contributed by atoms with E-state index in [9.17, 15) is 0 Å². The predicted octanol–water partition coefficient (Wildman–Crippen LogP) is 2.84. The highest BCUT2D eigenvalue weighted by molar-refractivity contribution is 5.05. The van der Waals surface area contributed by atoms with Crippen LogP contribution in [0.5, 0.6) is 0 Å². The minimum absolute atomic E-state index is 0.0295. The van der Waals surface area contributed by atoms with Gasteiger partial charge in [-0.2, -0.15) is 0 Å². The first-order valence-corrected chi connectivity index (χ1v) is 6.76. The van der Waals surface area contributed by atoms with E-state index in [0.29, 0.717) is 5.41 Å². The normalized spacial score (nSPS) is 45.9. The van der Waals surface area contributed by atoms with Crippen LogP contribution in [0.25, 0.3) is 0 Å². The van der Waals surface area contributed by atoms with E-state index in [0.717, 1.165) is 17.8 Å². The fourth-order valence-corrected chi connectivity index (χ4v) is 4.16. The van der Waals surface area contributed by atoms with Crippen molar-refractivity contribution >= 4 is 0 Å². The Hall–Kier alpha value is -0.0800. The lowest BCUT2D eigenvalue weighted by atomic mass is 9.65. The Morgan fingerprint density at radius 1 is 1.38 bits per heavy atom. The van der Waals surface area contributed by atoms with E-state index in [-0.39, 0.29) is 18.8 Å². The lowest BCUT2D eigenvalue weighted by Crippen LogP contribution is -2.44. The van der Waals surface area contributed by atoms with E-state index in [1.165, 1.54) is 19.3 Å². The number of hydrogen-bond donors (Lipinski definition) is 1. The van der Waals surface area contributed by atoms with Crippen LogP contribution in [0.1, 0.15) is 47.0 Å². The Labute approximate surface area is 99.4 Å². The van der Waals surface area contributed by atoms with Gasteiger partial charge < -0.3 is 9.84 Å². The number of rotatable bonds is 4. The summed E-state index contributed by atoms with van der Waals surface area (Å²) in [6.45, 7) is 9.08. The Kier molecular flexibility index (Phi) is 3.33. The van der Waals surface area contributed by atoms with Crippen molar-refractivity contribution in [3.05, 3.63) is 0 Å². The van der Waals surface area contributed by atoms with E-state index in [1.807, 2.05) is 6.92 Å². The summed E-state index contributed by atoms with van der Waals surface area (Å²) in [5.74, 6) is 2.53. The molecule has 6 unspecified atom stereocenters. The van der Waals surface area contributed by atoms with Gasteiger partial charge in [0, 0.05) is 0 Å². The first-order chi connectivity index (χ1) is 7.50. The summed E-state index contributed by atoms with van der Waals surface area (Å²) >= 11 is 0. The van der Waals surface area contributed by atoms with Crippen LogP contribution >= 0.6 is 0 Å². The van der Waals surface area contributed by atoms with Gasteiger partial charge in [-0.05, 0) is 56.3 Å². The van der Waals surface area contributed by atoms with E-state index >= 15 is 0 Å². The number of ether oxygens (including phenoxy) is 1. The highest BCUT2D eigenvalue weighted by Gasteiger charge is 2.56. The van der Waals surface area contributed by atoms with Gasteiger partial charge in [0.2, 0.25) is 0 Å². The highest BCUT2D eigenvalue weighted by Crippen LogP contribution is 2.61. The lowest BCUT2D eigenvalue weighted by Gasteiger charge is -2.44. The second-order valence-corrected chi connectivity index (χ2v) is 6.20. The molecule has 0 aliphatic heterocycles. The molecule has 2 aliphatic rings. The van der Waals surface area contributed by atoms with Gasteiger partial charge in [-0.3, -0.25) is 0 Å². The topological polar surface area (TPSA) is 29.5 Å². The van der Waals surface area contributed by atoms with Gasteiger partial charge in [-0.15, -0.1) is 0 Å². The van der Waals surface area contributed by atoms with Gasteiger partial charge in [0.05, 0.1) is 18.8 Å². The SMILES string of the molecule is CC(CO)OC(C)C1(C)C2CCC(C2)C1C. The molecular formula is C14H26O2. The fraction of sp³-hybridized carbons (Fsp3) is 1.00. The number of aliphatic hydroxyl groups is 1. The molecule has 2 rings (SSSR count). The summed E-state index contributed by atoms with van der Waals surface area (Å²) in [7, 11) is 0. The van der Waals surface area contributed by atoms with Crippen molar-refractivity contribution in [1.82, 2.24) is 0 Å². The Balaban J connectivity index is 2.07. The molecule has 2 fully saturated rings. The zero-order valence-electron chi connectivity index (χ0n) is 11.1. The summed E-state index contributed by atoms with van der Waals surface area (Å²) in [6, 6.07) is 0. The molecule has 0 aromatic carbocycles. The molecule has 0 aromatic heterocycles. The zero-order chi connectivity index (χ0) is 11.9. The van der Waals surface area contributed by atoms with Crippen LogP contribution in [0, 0.1) is 23.2 Å². The average Bonchev–Trinajstić information content (AvgIpc) is 2.82. The summed E-state index contributed by atoms with van der Waals surface area (Å²) < 4.78 is 5.96. The summed E-state index contributed by atoms with van der Waals surface area (Å²) in [4.78, 5) is 0. The third-order valence-corrected chi connectivity index (χ3v) is 5.61. The third-order valence-electron chi connectivity index (χ3n) is 5.61. The standard InChI is InChI=1S/C14H26O2/c1-9(8-15)16-11(3)14(4)10(2)12-5-6-13(14)7-12/h9-13,15H,5-8H2,1-4H3.